The Morgan fingerprint density at radius 3 is 2.37 bits per heavy atom. The molecular formula is C13H19N3O2S. The van der Waals surface area contributed by atoms with Crippen LogP contribution < -0.4 is 0 Å². The van der Waals surface area contributed by atoms with Crippen LogP contribution in [0.5, 0.6) is 0 Å². The van der Waals surface area contributed by atoms with E-state index in [2.05, 4.69) is 0 Å². The van der Waals surface area contributed by atoms with Crippen LogP contribution in [-0.4, -0.2) is 37.7 Å². The first-order chi connectivity index (χ1) is 8.91. The maximum atomic E-state index is 12.3. The Morgan fingerprint density at radius 2 is 1.84 bits per heavy atom. The largest absolute Gasteiger partial charge is 0.282 e. The molecule has 1 aromatic carbocycles. The summed E-state index contributed by atoms with van der Waals surface area (Å²) < 4.78 is 27.1. The highest BCUT2D eigenvalue weighted by molar-refractivity contribution is 7.86. The molecule has 5 nitrogen and oxygen atoms in total. The second-order valence-electron chi connectivity index (χ2n) is 4.34. The first-order valence-electron chi connectivity index (χ1n) is 6.02. The molecule has 0 radical (unpaired) electrons. The average Bonchev–Trinajstić information content (AvgIpc) is 2.43. The topological polar surface area (TPSA) is 64.4 Å². The maximum absolute atomic E-state index is 12.3. The lowest BCUT2D eigenvalue weighted by Crippen LogP contribution is -2.41. The summed E-state index contributed by atoms with van der Waals surface area (Å²) in [5.74, 6) is 0. The highest BCUT2D eigenvalue weighted by Crippen LogP contribution is 2.22. The van der Waals surface area contributed by atoms with Crippen molar-refractivity contribution in [3.63, 3.8) is 0 Å². The molecule has 104 valence electrons. The third kappa shape index (κ3) is 3.77. The fourth-order valence-electron chi connectivity index (χ4n) is 1.68. The summed E-state index contributed by atoms with van der Waals surface area (Å²) in [6.45, 7) is 2.04. The highest BCUT2D eigenvalue weighted by atomic mass is 32.2. The molecular weight excluding hydrogens is 262 g/mol. The lowest BCUT2D eigenvalue weighted by Gasteiger charge is -2.28. The second-order valence-corrected chi connectivity index (χ2v) is 6.44. The third-order valence-corrected chi connectivity index (χ3v) is 5.14. The smallest absolute Gasteiger partial charge is 0.198 e. The van der Waals surface area contributed by atoms with E-state index in [1.807, 2.05) is 43.3 Å². The van der Waals surface area contributed by atoms with Crippen molar-refractivity contribution in [3.05, 3.63) is 35.9 Å². The Kier molecular flexibility index (Phi) is 5.48. The molecule has 0 saturated heterocycles. The van der Waals surface area contributed by atoms with Gasteiger partial charge in [-0.1, -0.05) is 30.3 Å². The van der Waals surface area contributed by atoms with E-state index in [0.29, 0.717) is 0 Å². The van der Waals surface area contributed by atoms with Crippen molar-refractivity contribution in [2.75, 3.05) is 20.6 Å². The van der Waals surface area contributed by atoms with E-state index in [1.54, 1.807) is 7.05 Å². The quantitative estimate of drug-likeness (QED) is 0.798. The molecule has 1 rings (SSSR count). The summed E-state index contributed by atoms with van der Waals surface area (Å²) in [5.41, 5.74) is 0.933. The second kappa shape index (κ2) is 6.66. The molecule has 0 saturated carbocycles. The summed E-state index contributed by atoms with van der Waals surface area (Å²) in [6, 6.07) is 11.1. The zero-order chi connectivity index (χ0) is 14.5. The molecule has 0 bridgehead atoms. The van der Waals surface area contributed by atoms with Crippen LogP contribution in [0, 0.1) is 11.3 Å². The maximum Gasteiger partial charge on any atom is 0.282 e. The van der Waals surface area contributed by atoms with Crippen LogP contribution in [0.2, 0.25) is 0 Å². The van der Waals surface area contributed by atoms with Crippen molar-refractivity contribution in [2.24, 2.45) is 0 Å². The molecule has 0 unspecified atom stereocenters. The van der Waals surface area contributed by atoms with E-state index in [9.17, 15) is 8.42 Å². The lowest BCUT2D eigenvalue weighted by molar-refractivity contribution is 0.351. The van der Waals surface area contributed by atoms with Crippen molar-refractivity contribution >= 4 is 10.2 Å². The van der Waals surface area contributed by atoms with E-state index in [0.717, 1.165) is 5.56 Å². The molecule has 0 amide bonds. The summed E-state index contributed by atoms with van der Waals surface area (Å²) in [4.78, 5) is 0. The van der Waals surface area contributed by atoms with Crippen LogP contribution in [0.25, 0.3) is 0 Å². The molecule has 0 aromatic heterocycles. The van der Waals surface area contributed by atoms with Crippen molar-refractivity contribution in [1.82, 2.24) is 8.61 Å². The van der Waals surface area contributed by atoms with Gasteiger partial charge in [0.25, 0.3) is 10.2 Å². The third-order valence-electron chi connectivity index (χ3n) is 3.12. The van der Waals surface area contributed by atoms with Crippen molar-refractivity contribution in [1.29, 1.82) is 5.26 Å². The lowest BCUT2D eigenvalue weighted by atomic mass is 10.1. The monoisotopic (exact) mass is 281 g/mol. The predicted octanol–water partition coefficient (Wildman–Crippen LogP) is 1.77. The van der Waals surface area contributed by atoms with Crippen LogP contribution in [0.1, 0.15) is 24.9 Å². The van der Waals surface area contributed by atoms with E-state index in [4.69, 9.17) is 5.26 Å². The molecule has 1 atom stereocenters. The first kappa shape index (κ1) is 15.6. The number of rotatable bonds is 6. The average molecular weight is 281 g/mol. The molecule has 6 heteroatoms. The fourth-order valence-corrected chi connectivity index (χ4v) is 2.97. The molecule has 0 heterocycles. The Bertz CT molecular complexity index is 537. The minimum absolute atomic E-state index is 0.184. The Hall–Kier alpha value is -1.42. The van der Waals surface area contributed by atoms with Crippen LogP contribution >= 0.6 is 0 Å². The summed E-state index contributed by atoms with van der Waals surface area (Å²) in [7, 11) is -0.505. The minimum atomic E-state index is -3.54. The zero-order valence-corrected chi connectivity index (χ0v) is 12.3. The van der Waals surface area contributed by atoms with Crippen molar-refractivity contribution in [3.8, 4) is 6.07 Å². The van der Waals surface area contributed by atoms with Gasteiger partial charge in [0.05, 0.1) is 6.07 Å². The van der Waals surface area contributed by atoms with E-state index in [1.165, 1.54) is 15.7 Å². The number of benzene rings is 1. The molecule has 0 aliphatic carbocycles. The molecule has 1 aromatic rings. The molecule has 0 aliphatic rings. The summed E-state index contributed by atoms with van der Waals surface area (Å²) in [5, 5.41) is 8.52. The van der Waals surface area contributed by atoms with Gasteiger partial charge in [-0.25, -0.2) is 0 Å². The Balaban J connectivity index is 2.87. The van der Waals surface area contributed by atoms with Gasteiger partial charge < -0.3 is 0 Å². The van der Waals surface area contributed by atoms with Crippen LogP contribution in [0.4, 0.5) is 0 Å². The standard InChI is InChI=1S/C13H19N3O2S/c1-12(13-8-5-4-6-9-13)16(3)19(17,18)15(2)11-7-10-14/h4-6,8-9,12H,7,11H2,1-3H3/t12-/m1/s1. The van der Waals surface area contributed by atoms with Gasteiger partial charge in [-0.15, -0.1) is 0 Å². The van der Waals surface area contributed by atoms with Gasteiger partial charge in [0, 0.05) is 33.1 Å². The molecule has 19 heavy (non-hydrogen) atoms. The molecule has 0 aliphatic heterocycles. The van der Waals surface area contributed by atoms with Gasteiger partial charge in [-0.2, -0.15) is 22.3 Å². The number of hydrogen-bond acceptors (Lipinski definition) is 3. The van der Waals surface area contributed by atoms with Gasteiger partial charge >= 0.3 is 0 Å². The Labute approximate surface area is 115 Å². The Morgan fingerprint density at radius 1 is 1.26 bits per heavy atom. The van der Waals surface area contributed by atoms with Gasteiger partial charge in [0.1, 0.15) is 0 Å². The van der Waals surface area contributed by atoms with Crippen molar-refractivity contribution < 1.29 is 8.42 Å². The molecule has 0 spiro atoms. The van der Waals surface area contributed by atoms with E-state index < -0.39 is 10.2 Å². The first-order valence-corrected chi connectivity index (χ1v) is 7.42. The highest BCUT2D eigenvalue weighted by Gasteiger charge is 2.27. The fraction of sp³-hybridized carbons (Fsp3) is 0.462. The SMILES string of the molecule is C[C@H](c1ccccc1)N(C)S(=O)(=O)N(C)CCC#N. The van der Waals surface area contributed by atoms with Crippen LogP contribution in [0.3, 0.4) is 0 Å². The number of nitrogens with zero attached hydrogens (tertiary/aromatic N) is 3. The molecule has 0 N–H and O–H groups in total. The van der Waals surface area contributed by atoms with Crippen molar-refractivity contribution in [2.45, 2.75) is 19.4 Å². The van der Waals surface area contributed by atoms with Gasteiger partial charge in [-0.3, -0.25) is 0 Å². The number of hydrogen-bond donors (Lipinski definition) is 0. The van der Waals surface area contributed by atoms with Gasteiger partial charge in [0.2, 0.25) is 0 Å². The normalized spacial score (nSPS) is 13.5. The minimum Gasteiger partial charge on any atom is -0.198 e. The van der Waals surface area contributed by atoms with Gasteiger partial charge in [-0.05, 0) is 12.5 Å². The van der Waals surface area contributed by atoms with Gasteiger partial charge in [0.15, 0.2) is 0 Å². The number of nitriles is 1. The zero-order valence-electron chi connectivity index (χ0n) is 11.4. The summed E-state index contributed by atoms with van der Waals surface area (Å²) in [6.07, 6.45) is 0.184. The summed E-state index contributed by atoms with van der Waals surface area (Å²) >= 11 is 0. The molecule has 0 fully saturated rings. The van der Waals surface area contributed by atoms with E-state index in [-0.39, 0.29) is 19.0 Å². The predicted molar refractivity (Wildman–Crippen MR) is 74.4 cm³/mol. The van der Waals surface area contributed by atoms with Crippen LogP contribution in [0.15, 0.2) is 30.3 Å². The van der Waals surface area contributed by atoms with E-state index >= 15 is 0 Å². The van der Waals surface area contributed by atoms with Crippen LogP contribution in [-0.2, 0) is 10.2 Å².